The van der Waals surface area contributed by atoms with Crippen molar-refractivity contribution in [2.24, 2.45) is 5.84 Å². The molecule has 21 heavy (non-hydrogen) atoms. The molecule has 0 saturated carbocycles. The third-order valence-corrected chi connectivity index (χ3v) is 3.07. The van der Waals surface area contributed by atoms with Crippen LogP contribution >= 0.6 is 15.9 Å². The molecule has 1 aromatic heterocycles. The van der Waals surface area contributed by atoms with Crippen LogP contribution < -0.4 is 21.3 Å². The number of nitrogen functional groups attached to an aromatic ring is 1. The number of nitrogens with zero attached hydrogens (tertiary/aromatic N) is 1. The van der Waals surface area contributed by atoms with Crippen LogP contribution in [0.3, 0.4) is 0 Å². The van der Waals surface area contributed by atoms with E-state index in [0.717, 1.165) is 5.75 Å². The van der Waals surface area contributed by atoms with Gasteiger partial charge in [0.15, 0.2) is 5.82 Å². The van der Waals surface area contributed by atoms with Crippen molar-refractivity contribution < 1.29 is 9.53 Å². The lowest BCUT2D eigenvalue weighted by molar-refractivity contribution is 0.0947. The number of hydrogen-bond donors (Lipinski definition) is 3. The maximum atomic E-state index is 12.1. The summed E-state index contributed by atoms with van der Waals surface area (Å²) in [4.78, 5) is 16.1. The first-order chi connectivity index (χ1) is 10.2. The fourth-order valence-electron chi connectivity index (χ4n) is 1.67. The Kier molecular flexibility index (Phi) is 5.53. The molecule has 0 atom stereocenters. The molecular formula is C14H15BrN4O2. The number of pyridine rings is 1. The maximum Gasteiger partial charge on any atom is 0.255 e. The number of anilines is 1. The van der Waals surface area contributed by atoms with Gasteiger partial charge in [-0.15, -0.1) is 0 Å². The van der Waals surface area contributed by atoms with Crippen LogP contribution in [0.1, 0.15) is 10.4 Å². The van der Waals surface area contributed by atoms with E-state index in [4.69, 9.17) is 10.6 Å². The number of para-hydroxylation sites is 1. The van der Waals surface area contributed by atoms with E-state index in [1.54, 1.807) is 12.3 Å². The van der Waals surface area contributed by atoms with E-state index in [1.807, 2.05) is 30.3 Å². The largest absolute Gasteiger partial charge is 0.492 e. The summed E-state index contributed by atoms with van der Waals surface area (Å²) in [6, 6.07) is 11.1. The first kappa shape index (κ1) is 15.3. The van der Waals surface area contributed by atoms with Crippen molar-refractivity contribution >= 4 is 27.7 Å². The van der Waals surface area contributed by atoms with Gasteiger partial charge in [-0.25, -0.2) is 10.8 Å². The number of amides is 1. The molecule has 7 heteroatoms. The Labute approximate surface area is 130 Å². The average Bonchev–Trinajstić information content (AvgIpc) is 2.52. The maximum absolute atomic E-state index is 12.1. The summed E-state index contributed by atoms with van der Waals surface area (Å²) in [5.74, 6) is 6.15. The van der Waals surface area contributed by atoms with Gasteiger partial charge in [0.1, 0.15) is 12.4 Å². The van der Waals surface area contributed by atoms with E-state index in [0.29, 0.717) is 29.0 Å². The number of halogens is 1. The lowest BCUT2D eigenvalue weighted by Crippen LogP contribution is -2.29. The zero-order valence-corrected chi connectivity index (χ0v) is 12.8. The van der Waals surface area contributed by atoms with Crippen LogP contribution in [0.15, 0.2) is 47.1 Å². The number of carbonyl (C=O) groups is 1. The molecule has 0 aliphatic heterocycles. The van der Waals surface area contributed by atoms with Crippen molar-refractivity contribution in [3.05, 3.63) is 52.6 Å². The molecule has 0 radical (unpaired) electrons. The van der Waals surface area contributed by atoms with Crippen molar-refractivity contribution in [2.75, 3.05) is 18.6 Å². The minimum Gasteiger partial charge on any atom is -0.492 e. The molecule has 6 nitrogen and oxygen atoms in total. The molecule has 1 amide bonds. The van der Waals surface area contributed by atoms with Crippen LogP contribution in [0.25, 0.3) is 0 Å². The fourth-order valence-corrected chi connectivity index (χ4v) is 2.00. The molecule has 0 aliphatic rings. The van der Waals surface area contributed by atoms with Gasteiger partial charge in [0, 0.05) is 10.7 Å². The van der Waals surface area contributed by atoms with Gasteiger partial charge in [0.05, 0.1) is 12.1 Å². The molecule has 0 saturated heterocycles. The molecule has 110 valence electrons. The Morgan fingerprint density at radius 2 is 2.10 bits per heavy atom. The molecule has 2 aromatic rings. The molecule has 0 spiro atoms. The zero-order chi connectivity index (χ0) is 15.1. The zero-order valence-electron chi connectivity index (χ0n) is 11.2. The number of hydrazine groups is 1. The lowest BCUT2D eigenvalue weighted by atomic mass is 10.2. The molecule has 0 bridgehead atoms. The highest BCUT2D eigenvalue weighted by Crippen LogP contribution is 2.17. The number of ether oxygens (including phenoxy) is 1. The number of aromatic nitrogens is 1. The van der Waals surface area contributed by atoms with Crippen LogP contribution in [-0.4, -0.2) is 24.0 Å². The second-order valence-electron chi connectivity index (χ2n) is 4.11. The Morgan fingerprint density at radius 3 is 2.81 bits per heavy atom. The molecular weight excluding hydrogens is 336 g/mol. The molecule has 0 fully saturated rings. The predicted molar refractivity (Wildman–Crippen MR) is 84.0 cm³/mol. The Morgan fingerprint density at radius 1 is 1.33 bits per heavy atom. The highest BCUT2D eigenvalue weighted by molar-refractivity contribution is 9.10. The molecule has 0 unspecified atom stereocenters. The van der Waals surface area contributed by atoms with Gasteiger partial charge in [0.2, 0.25) is 0 Å². The van der Waals surface area contributed by atoms with E-state index in [9.17, 15) is 4.79 Å². The smallest absolute Gasteiger partial charge is 0.255 e. The van der Waals surface area contributed by atoms with Gasteiger partial charge in [-0.1, -0.05) is 18.2 Å². The monoisotopic (exact) mass is 350 g/mol. The van der Waals surface area contributed by atoms with Crippen LogP contribution in [-0.2, 0) is 0 Å². The van der Waals surface area contributed by atoms with Crippen molar-refractivity contribution in [1.29, 1.82) is 0 Å². The molecule has 2 rings (SSSR count). The van der Waals surface area contributed by atoms with Crippen molar-refractivity contribution in [3.8, 4) is 5.75 Å². The highest BCUT2D eigenvalue weighted by atomic mass is 79.9. The summed E-state index contributed by atoms with van der Waals surface area (Å²) < 4.78 is 6.19. The van der Waals surface area contributed by atoms with Crippen molar-refractivity contribution in [1.82, 2.24) is 10.3 Å². The number of carbonyl (C=O) groups excluding carboxylic acids is 1. The third kappa shape index (κ3) is 4.44. The van der Waals surface area contributed by atoms with E-state index in [1.165, 1.54) is 0 Å². The van der Waals surface area contributed by atoms with Gasteiger partial charge in [-0.05, 0) is 34.1 Å². The standard InChI is InChI=1S/C14H15BrN4O2/c15-10-8-12(13(19-16)18-9-10)14(20)17-6-7-21-11-4-2-1-3-5-11/h1-5,8-9H,6-7,16H2,(H,17,20)(H,18,19). The van der Waals surface area contributed by atoms with Crippen LogP contribution in [0.5, 0.6) is 5.75 Å². The van der Waals surface area contributed by atoms with E-state index in [2.05, 4.69) is 31.7 Å². The number of nitrogens with one attached hydrogen (secondary N) is 2. The highest BCUT2D eigenvalue weighted by Gasteiger charge is 2.12. The topological polar surface area (TPSA) is 89.3 Å². The predicted octanol–water partition coefficient (Wildman–Crippen LogP) is 1.94. The van der Waals surface area contributed by atoms with Gasteiger partial charge in [-0.2, -0.15) is 0 Å². The van der Waals surface area contributed by atoms with Crippen LogP contribution in [0, 0.1) is 0 Å². The molecule has 4 N–H and O–H groups in total. The van der Waals surface area contributed by atoms with E-state index >= 15 is 0 Å². The first-order valence-corrected chi connectivity index (χ1v) is 7.08. The third-order valence-electron chi connectivity index (χ3n) is 2.64. The summed E-state index contributed by atoms with van der Waals surface area (Å²) >= 11 is 3.27. The van der Waals surface area contributed by atoms with Gasteiger partial charge in [-0.3, -0.25) is 4.79 Å². The Bertz CT molecular complexity index is 607. The summed E-state index contributed by atoms with van der Waals surface area (Å²) in [7, 11) is 0. The minimum absolute atomic E-state index is 0.270. The normalized spacial score (nSPS) is 10.0. The number of hydrogen-bond acceptors (Lipinski definition) is 5. The SMILES string of the molecule is NNc1ncc(Br)cc1C(=O)NCCOc1ccccc1. The summed E-state index contributed by atoms with van der Waals surface area (Å²) in [6.45, 7) is 0.757. The number of rotatable bonds is 6. The summed E-state index contributed by atoms with van der Waals surface area (Å²) in [6.07, 6.45) is 1.56. The van der Waals surface area contributed by atoms with Crippen LogP contribution in [0.2, 0.25) is 0 Å². The fraction of sp³-hybridized carbons (Fsp3) is 0.143. The molecule has 1 aromatic carbocycles. The number of nitrogens with two attached hydrogens (primary N) is 1. The minimum atomic E-state index is -0.270. The van der Waals surface area contributed by atoms with E-state index < -0.39 is 0 Å². The molecule has 0 aliphatic carbocycles. The average molecular weight is 351 g/mol. The number of benzene rings is 1. The van der Waals surface area contributed by atoms with Gasteiger partial charge in [0.25, 0.3) is 5.91 Å². The van der Waals surface area contributed by atoms with Crippen molar-refractivity contribution in [2.45, 2.75) is 0 Å². The molecule has 1 heterocycles. The van der Waals surface area contributed by atoms with Gasteiger partial charge < -0.3 is 15.5 Å². The second kappa shape index (κ2) is 7.61. The van der Waals surface area contributed by atoms with Gasteiger partial charge >= 0.3 is 0 Å². The van der Waals surface area contributed by atoms with E-state index in [-0.39, 0.29) is 5.91 Å². The Balaban J connectivity index is 1.86. The van der Waals surface area contributed by atoms with Crippen LogP contribution in [0.4, 0.5) is 5.82 Å². The van der Waals surface area contributed by atoms with Crippen molar-refractivity contribution in [3.63, 3.8) is 0 Å². The quantitative estimate of drug-likeness (QED) is 0.420. The summed E-state index contributed by atoms with van der Waals surface area (Å²) in [5.41, 5.74) is 2.76. The Hall–Kier alpha value is -2.12. The first-order valence-electron chi connectivity index (χ1n) is 6.29. The lowest BCUT2D eigenvalue weighted by Gasteiger charge is -2.10. The second-order valence-corrected chi connectivity index (χ2v) is 5.03. The summed E-state index contributed by atoms with van der Waals surface area (Å²) in [5, 5.41) is 2.75.